The Morgan fingerprint density at radius 1 is 0.700 bits per heavy atom. The number of benzene rings is 2. The molecule has 20 heavy (non-hydrogen) atoms. The number of phenolic OH excluding ortho intramolecular Hbond substituents is 2. The maximum absolute atomic E-state index is 9.28. The molecular formula is C16H22N2O2. The van der Waals surface area contributed by atoms with Gasteiger partial charge in [-0.25, -0.2) is 0 Å². The van der Waals surface area contributed by atoms with Crippen LogP contribution in [-0.2, 0) is 0 Å². The Hall–Kier alpha value is -2.36. The highest BCUT2D eigenvalue weighted by Gasteiger charge is 1.99. The van der Waals surface area contributed by atoms with Crippen molar-refractivity contribution in [3.63, 3.8) is 0 Å². The van der Waals surface area contributed by atoms with E-state index in [9.17, 15) is 5.11 Å². The Bertz CT molecular complexity index is 520. The summed E-state index contributed by atoms with van der Waals surface area (Å²) in [6.45, 7) is 7.42. The van der Waals surface area contributed by atoms with E-state index in [1.54, 1.807) is 24.3 Å². The number of anilines is 2. The van der Waals surface area contributed by atoms with Gasteiger partial charge in [0.1, 0.15) is 11.5 Å². The predicted octanol–water partition coefficient (Wildman–Crippen LogP) is 3.18. The fraction of sp³-hybridized carbons (Fsp3) is 0.250. The Labute approximate surface area is 119 Å². The molecule has 0 bridgehead atoms. The average molecular weight is 274 g/mol. The monoisotopic (exact) mass is 274 g/mol. The van der Waals surface area contributed by atoms with Gasteiger partial charge < -0.3 is 21.7 Å². The van der Waals surface area contributed by atoms with E-state index < -0.39 is 0 Å². The minimum Gasteiger partial charge on any atom is -0.508 e. The lowest BCUT2D eigenvalue weighted by molar-refractivity contribution is 0.467. The Morgan fingerprint density at radius 2 is 1.10 bits per heavy atom. The molecule has 0 aliphatic carbocycles. The molecule has 0 atom stereocenters. The summed E-state index contributed by atoms with van der Waals surface area (Å²) >= 11 is 0. The number of hydrogen-bond donors (Lipinski definition) is 4. The van der Waals surface area contributed by atoms with Gasteiger partial charge in [0.25, 0.3) is 0 Å². The van der Waals surface area contributed by atoms with Gasteiger partial charge in [0, 0.05) is 11.4 Å². The molecule has 0 fully saturated rings. The van der Waals surface area contributed by atoms with Gasteiger partial charge in [0.05, 0.1) is 0 Å². The van der Waals surface area contributed by atoms with E-state index in [4.69, 9.17) is 16.6 Å². The van der Waals surface area contributed by atoms with Crippen molar-refractivity contribution in [1.82, 2.24) is 0 Å². The zero-order valence-corrected chi connectivity index (χ0v) is 12.4. The van der Waals surface area contributed by atoms with Crippen LogP contribution in [0.4, 0.5) is 11.4 Å². The second-order valence-corrected chi connectivity index (χ2v) is 5.00. The van der Waals surface area contributed by atoms with Crippen molar-refractivity contribution in [2.24, 2.45) is 0 Å². The number of aryl methyl sites for hydroxylation is 4. The predicted molar refractivity (Wildman–Crippen MR) is 84.0 cm³/mol. The average Bonchev–Trinajstić information content (AvgIpc) is 2.33. The Kier molecular flexibility index (Phi) is 4.86. The number of hydrogen-bond acceptors (Lipinski definition) is 4. The molecule has 0 spiro atoms. The molecule has 108 valence electrons. The quantitative estimate of drug-likeness (QED) is 0.438. The largest absolute Gasteiger partial charge is 0.508 e. The van der Waals surface area contributed by atoms with Crippen LogP contribution in [0.1, 0.15) is 22.3 Å². The number of nitrogen functional groups attached to an aromatic ring is 2. The molecule has 0 saturated heterocycles. The summed E-state index contributed by atoms with van der Waals surface area (Å²) in [6.07, 6.45) is 0. The van der Waals surface area contributed by atoms with Crippen LogP contribution >= 0.6 is 0 Å². The topological polar surface area (TPSA) is 92.5 Å². The van der Waals surface area contributed by atoms with Crippen molar-refractivity contribution < 1.29 is 10.2 Å². The van der Waals surface area contributed by atoms with Crippen LogP contribution < -0.4 is 11.5 Å². The summed E-state index contributed by atoms with van der Waals surface area (Å²) in [5.74, 6) is 0.624. The first kappa shape index (κ1) is 15.7. The van der Waals surface area contributed by atoms with E-state index in [-0.39, 0.29) is 5.75 Å². The molecule has 2 aromatic carbocycles. The van der Waals surface area contributed by atoms with Gasteiger partial charge in [0.15, 0.2) is 0 Å². The van der Waals surface area contributed by atoms with Gasteiger partial charge in [-0.2, -0.15) is 0 Å². The van der Waals surface area contributed by atoms with Crippen LogP contribution in [0, 0.1) is 27.7 Å². The number of rotatable bonds is 0. The molecule has 0 amide bonds. The van der Waals surface area contributed by atoms with Crippen molar-refractivity contribution in [1.29, 1.82) is 0 Å². The number of aromatic hydroxyl groups is 2. The first-order valence-electron chi connectivity index (χ1n) is 6.33. The SMILES string of the molecule is Cc1cc(N)cc(C)c1O.Cc1cc(O)cc(C)c1N. The standard InChI is InChI=1S/2C8H11NO/c1-5-3-7(10)4-6(2)8(5)9;1-5-3-7(9)4-6(2)8(5)10/h2*3-4,10H,9H2,1-2H3. The molecule has 0 aliphatic heterocycles. The second kappa shape index (κ2) is 6.19. The zero-order chi connectivity index (χ0) is 15.4. The molecular weight excluding hydrogens is 252 g/mol. The van der Waals surface area contributed by atoms with Gasteiger partial charge in [-0.3, -0.25) is 0 Å². The third-order valence-electron chi connectivity index (χ3n) is 3.09. The van der Waals surface area contributed by atoms with Crippen LogP contribution in [0.2, 0.25) is 0 Å². The van der Waals surface area contributed by atoms with E-state index >= 15 is 0 Å². The van der Waals surface area contributed by atoms with Gasteiger partial charge >= 0.3 is 0 Å². The normalized spacial score (nSPS) is 9.80. The van der Waals surface area contributed by atoms with Gasteiger partial charge in [0.2, 0.25) is 0 Å². The summed E-state index contributed by atoms with van der Waals surface area (Å²) in [5, 5.41) is 18.3. The molecule has 4 nitrogen and oxygen atoms in total. The highest BCUT2D eigenvalue weighted by atomic mass is 16.3. The second-order valence-electron chi connectivity index (χ2n) is 5.00. The lowest BCUT2D eigenvalue weighted by atomic mass is 10.1. The molecule has 0 unspecified atom stereocenters. The van der Waals surface area contributed by atoms with Crippen LogP contribution in [0.5, 0.6) is 11.5 Å². The van der Waals surface area contributed by atoms with E-state index in [1.807, 2.05) is 27.7 Å². The fourth-order valence-electron chi connectivity index (χ4n) is 1.94. The lowest BCUT2D eigenvalue weighted by Gasteiger charge is -2.03. The van der Waals surface area contributed by atoms with E-state index in [1.165, 1.54) is 0 Å². The third kappa shape index (κ3) is 3.82. The molecule has 2 aromatic rings. The van der Waals surface area contributed by atoms with Crippen LogP contribution in [0.15, 0.2) is 24.3 Å². The van der Waals surface area contributed by atoms with E-state index in [0.717, 1.165) is 27.9 Å². The fourth-order valence-corrected chi connectivity index (χ4v) is 1.94. The Morgan fingerprint density at radius 3 is 1.50 bits per heavy atom. The first-order chi connectivity index (χ1) is 9.22. The smallest absolute Gasteiger partial charge is 0.121 e. The minimum atomic E-state index is 0.282. The summed E-state index contributed by atoms with van der Waals surface area (Å²) in [7, 11) is 0. The van der Waals surface area contributed by atoms with E-state index in [0.29, 0.717) is 11.4 Å². The van der Waals surface area contributed by atoms with Crippen LogP contribution in [-0.4, -0.2) is 10.2 Å². The van der Waals surface area contributed by atoms with Crippen molar-refractivity contribution in [2.45, 2.75) is 27.7 Å². The molecule has 6 N–H and O–H groups in total. The molecule has 2 rings (SSSR count). The molecule has 0 aromatic heterocycles. The molecule has 0 heterocycles. The molecule has 4 heteroatoms. The van der Waals surface area contributed by atoms with Gasteiger partial charge in [-0.15, -0.1) is 0 Å². The Balaban J connectivity index is 0.000000200. The maximum Gasteiger partial charge on any atom is 0.121 e. The van der Waals surface area contributed by atoms with E-state index in [2.05, 4.69) is 0 Å². The van der Waals surface area contributed by atoms with Crippen LogP contribution in [0.25, 0.3) is 0 Å². The molecule has 0 radical (unpaired) electrons. The molecule has 0 saturated carbocycles. The van der Waals surface area contributed by atoms with Crippen molar-refractivity contribution >= 4 is 11.4 Å². The van der Waals surface area contributed by atoms with Crippen LogP contribution in [0.3, 0.4) is 0 Å². The molecule has 0 aliphatic rings. The summed E-state index contributed by atoms with van der Waals surface area (Å²) in [6, 6.07) is 6.81. The highest BCUT2D eigenvalue weighted by molar-refractivity contribution is 5.55. The first-order valence-corrected chi connectivity index (χ1v) is 6.33. The zero-order valence-electron chi connectivity index (χ0n) is 12.4. The van der Waals surface area contributed by atoms with Crippen molar-refractivity contribution in [3.05, 3.63) is 46.5 Å². The van der Waals surface area contributed by atoms with Crippen molar-refractivity contribution in [2.75, 3.05) is 11.5 Å². The third-order valence-corrected chi connectivity index (χ3v) is 3.09. The van der Waals surface area contributed by atoms with Gasteiger partial charge in [-0.1, -0.05) is 0 Å². The lowest BCUT2D eigenvalue weighted by Crippen LogP contribution is -1.92. The number of phenols is 2. The minimum absolute atomic E-state index is 0.282. The van der Waals surface area contributed by atoms with Gasteiger partial charge in [-0.05, 0) is 74.2 Å². The summed E-state index contributed by atoms with van der Waals surface area (Å²) in [4.78, 5) is 0. The maximum atomic E-state index is 9.28. The summed E-state index contributed by atoms with van der Waals surface area (Å²) in [5.41, 5.74) is 16.1. The summed E-state index contributed by atoms with van der Waals surface area (Å²) < 4.78 is 0. The highest BCUT2D eigenvalue weighted by Crippen LogP contribution is 2.23. The number of nitrogens with two attached hydrogens (primary N) is 2. The van der Waals surface area contributed by atoms with Crippen molar-refractivity contribution in [3.8, 4) is 11.5 Å².